The van der Waals surface area contributed by atoms with E-state index in [0.717, 1.165) is 29.4 Å². The first-order valence-corrected chi connectivity index (χ1v) is 8.84. The monoisotopic (exact) mass is 366 g/mol. The van der Waals surface area contributed by atoms with Gasteiger partial charge < -0.3 is 10.2 Å². The fourth-order valence-corrected chi connectivity index (χ4v) is 2.66. The summed E-state index contributed by atoms with van der Waals surface area (Å²) >= 11 is 0. The first-order chi connectivity index (χ1) is 13.2. The number of hydrogen-bond donors (Lipinski definition) is 1. The summed E-state index contributed by atoms with van der Waals surface area (Å²) in [4.78, 5) is 11.1. The first-order valence-electron chi connectivity index (χ1n) is 8.84. The second kappa shape index (κ2) is 8.93. The van der Waals surface area contributed by atoms with E-state index in [1.54, 1.807) is 29.2 Å². The van der Waals surface area contributed by atoms with Crippen LogP contribution in [0.15, 0.2) is 66.0 Å². The molecule has 0 aliphatic heterocycles. The van der Waals surface area contributed by atoms with Crippen molar-refractivity contribution in [1.29, 1.82) is 0 Å². The van der Waals surface area contributed by atoms with Crippen LogP contribution in [0.4, 0.5) is 4.39 Å². The van der Waals surface area contributed by atoms with Gasteiger partial charge in [-0.15, -0.1) is 0 Å². The Morgan fingerprint density at radius 3 is 2.70 bits per heavy atom. The van der Waals surface area contributed by atoms with Gasteiger partial charge in [0, 0.05) is 38.7 Å². The predicted octanol–water partition coefficient (Wildman–Crippen LogP) is 3.00. The van der Waals surface area contributed by atoms with Gasteiger partial charge in [0.15, 0.2) is 11.8 Å². The topological polar surface area (TPSA) is 58.3 Å². The molecular formula is C20H23FN6. The molecule has 0 aliphatic carbocycles. The molecular weight excluding hydrogens is 343 g/mol. The Morgan fingerprint density at radius 1 is 1.19 bits per heavy atom. The number of nitrogens with zero attached hydrogens (tertiary/aromatic N) is 5. The van der Waals surface area contributed by atoms with E-state index >= 15 is 0 Å². The van der Waals surface area contributed by atoms with Crippen molar-refractivity contribution in [1.82, 2.24) is 25.0 Å². The Labute approximate surface area is 158 Å². The number of rotatable bonds is 6. The molecule has 0 aliphatic rings. The number of aromatic nitrogens is 3. The zero-order chi connectivity index (χ0) is 19.1. The maximum Gasteiger partial charge on any atom is 0.194 e. The van der Waals surface area contributed by atoms with Crippen molar-refractivity contribution in [2.24, 2.45) is 4.99 Å². The SMILES string of the molecule is CCNC(=NCc1ccnc(-n2cccn2)c1)N(C)Cc1ccc(F)cc1. The molecule has 0 spiro atoms. The van der Waals surface area contributed by atoms with Crippen LogP contribution in [-0.4, -0.2) is 39.2 Å². The minimum Gasteiger partial charge on any atom is -0.357 e. The molecule has 0 atom stereocenters. The maximum atomic E-state index is 13.1. The molecule has 0 radical (unpaired) electrons. The lowest BCUT2D eigenvalue weighted by Gasteiger charge is -2.22. The number of benzene rings is 1. The average molecular weight is 366 g/mol. The van der Waals surface area contributed by atoms with Crippen LogP contribution >= 0.6 is 0 Å². The number of hydrogen-bond acceptors (Lipinski definition) is 3. The second-order valence-electron chi connectivity index (χ2n) is 6.13. The van der Waals surface area contributed by atoms with E-state index < -0.39 is 0 Å². The third kappa shape index (κ3) is 5.13. The molecule has 1 N–H and O–H groups in total. The van der Waals surface area contributed by atoms with Crippen LogP contribution < -0.4 is 5.32 Å². The Morgan fingerprint density at radius 2 is 2.00 bits per heavy atom. The molecule has 140 valence electrons. The molecule has 3 rings (SSSR count). The van der Waals surface area contributed by atoms with Crippen LogP contribution in [0.3, 0.4) is 0 Å². The molecule has 0 bridgehead atoms. The molecule has 6 nitrogen and oxygen atoms in total. The third-order valence-electron chi connectivity index (χ3n) is 3.99. The minimum absolute atomic E-state index is 0.229. The van der Waals surface area contributed by atoms with E-state index in [0.29, 0.717) is 13.1 Å². The summed E-state index contributed by atoms with van der Waals surface area (Å²) in [7, 11) is 1.96. The molecule has 0 fully saturated rings. The lowest BCUT2D eigenvalue weighted by atomic mass is 10.2. The van der Waals surface area contributed by atoms with Crippen LogP contribution in [-0.2, 0) is 13.1 Å². The highest BCUT2D eigenvalue weighted by atomic mass is 19.1. The highest BCUT2D eigenvalue weighted by Gasteiger charge is 2.07. The van der Waals surface area contributed by atoms with E-state index in [9.17, 15) is 4.39 Å². The molecule has 7 heteroatoms. The molecule has 0 saturated heterocycles. The third-order valence-corrected chi connectivity index (χ3v) is 3.99. The van der Waals surface area contributed by atoms with Crippen molar-refractivity contribution in [3.8, 4) is 5.82 Å². The van der Waals surface area contributed by atoms with Crippen molar-refractivity contribution < 1.29 is 4.39 Å². The number of guanidine groups is 1. The number of aliphatic imine (C=N–C) groups is 1. The van der Waals surface area contributed by atoms with Crippen LogP contribution in [0.5, 0.6) is 0 Å². The number of pyridine rings is 1. The predicted molar refractivity (Wildman–Crippen MR) is 104 cm³/mol. The summed E-state index contributed by atoms with van der Waals surface area (Å²) in [5.41, 5.74) is 2.07. The minimum atomic E-state index is -0.229. The summed E-state index contributed by atoms with van der Waals surface area (Å²) in [6, 6.07) is 12.3. The Kier molecular flexibility index (Phi) is 6.14. The van der Waals surface area contributed by atoms with Crippen LogP contribution in [0, 0.1) is 5.82 Å². The van der Waals surface area contributed by atoms with Gasteiger partial charge in [0.05, 0.1) is 6.54 Å². The Bertz CT molecular complexity index is 874. The molecule has 2 heterocycles. The van der Waals surface area contributed by atoms with Crippen molar-refractivity contribution in [3.05, 3.63) is 78.0 Å². The Balaban J connectivity index is 1.71. The van der Waals surface area contributed by atoms with E-state index in [-0.39, 0.29) is 5.82 Å². The molecule has 3 aromatic rings. The average Bonchev–Trinajstić information content (AvgIpc) is 3.22. The molecule has 2 aromatic heterocycles. The van der Waals surface area contributed by atoms with Gasteiger partial charge in [-0.1, -0.05) is 12.1 Å². The summed E-state index contributed by atoms with van der Waals surface area (Å²) in [6.45, 7) is 3.96. The van der Waals surface area contributed by atoms with Crippen molar-refractivity contribution in [2.75, 3.05) is 13.6 Å². The highest BCUT2D eigenvalue weighted by Crippen LogP contribution is 2.09. The van der Waals surface area contributed by atoms with Crippen LogP contribution in [0.25, 0.3) is 5.82 Å². The standard InChI is InChI=1S/C20H23FN6/c1-3-22-20(26(2)15-16-5-7-18(21)8-6-16)24-14-17-9-11-23-19(13-17)27-12-4-10-25-27/h4-13H,3,14-15H2,1-2H3,(H,22,24). The van der Waals surface area contributed by atoms with Crippen molar-refractivity contribution >= 4 is 5.96 Å². The largest absolute Gasteiger partial charge is 0.357 e. The smallest absolute Gasteiger partial charge is 0.194 e. The van der Waals surface area contributed by atoms with Gasteiger partial charge in [0.25, 0.3) is 0 Å². The van der Waals surface area contributed by atoms with Gasteiger partial charge >= 0.3 is 0 Å². The van der Waals surface area contributed by atoms with E-state index in [1.807, 2.05) is 43.3 Å². The van der Waals surface area contributed by atoms with Gasteiger partial charge in [-0.2, -0.15) is 5.10 Å². The molecule has 1 aromatic carbocycles. The number of halogens is 1. The summed E-state index contributed by atoms with van der Waals surface area (Å²) in [6.07, 6.45) is 5.34. The summed E-state index contributed by atoms with van der Waals surface area (Å²) in [5.74, 6) is 1.32. The van der Waals surface area contributed by atoms with Crippen molar-refractivity contribution in [2.45, 2.75) is 20.0 Å². The normalized spacial score (nSPS) is 11.4. The van der Waals surface area contributed by atoms with Crippen LogP contribution in [0.2, 0.25) is 0 Å². The zero-order valence-corrected chi connectivity index (χ0v) is 15.5. The lowest BCUT2D eigenvalue weighted by molar-refractivity contribution is 0.476. The fourth-order valence-electron chi connectivity index (χ4n) is 2.66. The molecule has 0 unspecified atom stereocenters. The first kappa shape index (κ1) is 18.6. The van der Waals surface area contributed by atoms with Crippen molar-refractivity contribution in [3.63, 3.8) is 0 Å². The number of nitrogens with one attached hydrogen (secondary N) is 1. The molecule has 0 amide bonds. The quantitative estimate of drug-likeness (QED) is 0.538. The molecule has 27 heavy (non-hydrogen) atoms. The van der Waals surface area contributed by atoms with Crippen LogP contribution in [0.1, 0.15) is 18.1 Å². The summed E-state index contributed by atoms with van der Waals surface area (Å²) in [5, 5.41) is 7.50. The lowest BCUT2D eigenvalue weighted by Crippen LogP contribution is -2.38. The maximum absolute atomic E-state index is 13.1. The van der Waals surface area contributed by atoms with Gasteiger partial charge in [-0.25, -0.2) is 19.0 Å². The van der Waals surface area contributed by atoms with Gasteiger partial charge in [-0.05, 0) is 48.4 Å². The van der Waals surface area contributed by atoms with E-state index in [2.05, 4.69) is 15.4 Å². The highest BCUT2D eigenvalue weighted by molar-refractivity contribution is 5.79. The van der Waals surface area contributed by atoms with Gasteiger partial charge in [0.1, 0.15) is 5.82 Å². The second-order valence-corrected chi connectivity index (χ2v) is 6.13. The van der Waals surface area contributed by atoms with Gasteiger partial charge in [0.2, 0.25) is 0 Å². The Hall–Kier alpha value is -3.22. The van der Waals surface area contributed by atoms with E-state index in [1.165, 1.54) is 12.1 Å². The van der Waals surface area contributed by atoms with Gasteiger partial charge in [-0.3, -0.25) is 0 Å². The fraction of sp³-hybridized carbons (Fsp3) is 0.250. The molecule has 0 saturated carbocycles. The zero-order valence-electron chi connectivity index (χ0n) is 15.5. The summed E-state index contributed by atoms with van der Waals surface area (Å²) < 4.78 is 14.8. The van der Waals surface area contributed by atoms with E-state index in [4.69, 9.17) is 4.99 Å².